The fourth-order valence-electron chi connectivity index (χ4n) is 1.14. The number of nitrogens with zero attached hydrogens (tertiary/aromatic N) is 1. The van der Waals surface area contributed by atoms with E-state index in [1.807, 2.05) is 0 Å². The predicted molar refractivity (Wildman–Crippen MR) is 59.9 cm³/mol. The fourth-order valence-corrected chi connectivity index (χ4v) is 1.14. The van der Waals surface area contributed by atoms with Gasteiger partial charge in [0.05, 0.1) is 13.2 Å². The molecular weight excluding hydrogens is 194 g/mol. The van der Waals surface area contributed by atoms with E-state index in [0.717, 1.165) is 32.8 Å². The summed E-state index contributed by atoms with van der Waals surface area (Å²) in [6.45, 7) is 10.5. The average Bonchev–Trinajstić information content (AvgIpc) is 2.20. The van der Waals surface area contributed by atoms with Crippen LogP contribution in [0.15, 0.2) is 0 Å². The number of carbonyl (C=O) groups is 1. The Labute approximate surface area is 92.5 Å². The highest BCUT2D eigenvalue weighted by Crippen LogP contribution is 1.95. The maximum absolute atomic E-state index is 10.4. The molecule has 0 saturated carbocycles. The van der Waals surface area contributed by atoms with Crippen molar-refractivity contribution in [2.45, 2.75) is 27.2 Å². The number of ether oxygens (including phenoxy) is 2. The number of hydrogen-bond acceptors (Lipinski definition) is 4. The third-order valence-electron chi connectivity index (χ3n) is 1.82. The summed E-state index contributed by atoms with van der Waals surface area (Å²) in [5, 5.41) is 0. The molecular formula is C11H23NO3. The highest BCUT2D eigenvalue weighted by molar-refractivity contribution is 5.65. The van der Waals surface area contributed by atoms with Crippen LogP contribution in [0.25, 0.3) is 0 Å². The molecule has 0 N–H and O–H groups in total. The van der Waals surface area contributed by atoms with Gasteiger partial charge in [0.1, 0.15) is 6.61 Å². The molecule has 1 rings (SSSR count). The molecule has 0 aromatic carbocycles. The smallest absolute Gasteiger partial charge is 0.302 e. The lowest BCUT2D eigenvalue weighted by atomic mass is 10.4. The minimum absolute atomic E-state index is 0.205. The topological polar surface area (TPSA) is 38.8 Å². The van der Waals surface area contributed by atoms with Gasteiger partial charge < -0.3 is 9.47 Å². The Morgan fingerprint density at radius 3 is 2.33 bits per heavy atom. The van der Waals surface area contributed by atoms with Crippen LogP contribution < -0.4 is 0 Å². The molecule has 1 fully saturated rings. The number of carbonyl (C=O) groups excluding carboxylic acids is 1. The van der Waals surface area contributed by atoms with Crippen molar-refractivity contribution in [2.24, 2.45) is 0 Å². The van der Waals surface area contributed by atoms with Crippen LogP contribution in [0.2, 0.25) is 0 Å². The van der Waals surface area contributed by atoms with Gasteiger partial charge in [0.2, 0.25) is 0 Å². The van der Waals surface area contributed by atoms with Gasteiger partial charge in [-0.1, -0.05) is 20.3 Å². The largest absolute Gasteiger partial charge is 0.465 e. The van der Waals surface area contributed by atoms with E-state index < -0.39 is 0 Å². The first-order chi connectivity index (χ1) is 7.20. The van der Waals surface area contributed by atoms with Crippen LogP contribution in [0.5, 0.6) is 0 Å². The molecule has 0 radical (unpaired) electrons. The normalized spacial score (nSPS) is 16.5. The number of rotatable bonds is 3. The summed E-state index contributed by atoms with van der Waals surface area (Å²) >= 11 is 0. The van der Waals surface area contributed by atoms with Crippen LogP contribution in [0.3, 0.4) is 0 Å². The summed E-state index contributed by atoms with van der Waals surface area (Å²) in [5.41, 5.74) is 0. The van der Waals surface area contributed by atoms with Crippen LogP contribution in [0.4, 0.5) is 0 Å². The van der Waals surface area contributed by atoms with Gasteiger partial charge in [-0.05, 0) is 0 Å². The van der Waals surface area contributed by atoms with Crippen LogP contribution in [-0.4, -0.2) is 50.3 Å². The molecule has 0 bridgehead atoms. The Balaban J connectivity index is 0.000000583. The third kappa shape index (κ3) is 9.69. The first-order valence-corrected chi connectivity index (χ1v) is 5.64. The zero-order valence-electron chi connectivity index (χ0n) is 10.1. The summed E-state index contributed by atoms with van der Waals surface area (Å²) in [6.07, 6.45) is 1.25. The number of hydrogen-bond donors (Lipinski definition) is 0. The Kier molecular flexibility index (Phi) is 9.52. The van der Waals surface area contributed by atoms with E-state index in [0.29, 0.717) is 6.61 Å². The molecule has 1 heterocycles. The summed E-state index contributed by atoms with van der Waals surface area (Å²) in [5.74, 6) is -0.205. The Hall–Kier alpha value is -0.610. The SMILES string of the molecule is CC(=O)OCCN1CCOCC1.CCC. The zero-order valence-corrected chi connectivity index (χ0v) is 10.1. The Bertz CT molecular complexity index is 156. The summed E-state index contributed by atoms with van der Waals surface area (Å²) in [6, 6.07) is 0. The van der Waals surface area contributed by atoms with Gasteiger partial charge in [-0.25, -0.2) is 0 Å². The van der Waals surface area contributed by atoms with Crippen molar-refractivity contribution < 1.29 is 14.3 Å². The van der Waals surface area contributed by atoms with E-state index >= 15 is 0 Å². The van der Waals surface area contributed by atoms with Gasteiger partial charge in [-0.2, -0.15) is 0 Å². The fraction of sp³-hybridized carbons (Fsp3) is 0.909. The van der Waals surface area contributed by atoms with Crippen LogP contribution in [-0.2, 0) is 14.3 Å². The average molecular weight is 217 g/mol. The van der Waals surface area contributed by atoms with Gasteiger partial charge in [-0.3, -0.25) is 9.69 Å². The molecule has 1 aliphatic rings. The number of morpholine rings is 1. The monoisotopic (exact) mass is 217 g/mol. The highest BCUT2D eigenvalue weighted by atomic mass is 16.5. The zero-order chi connectivity index (χ0) is 11.5. The molecule has 90 valence electrons. The molecule has 0 unspecified atom stereocenters. The van der Waals surface area contributed by atoms with E-state index in [-0.39, 0.29) is 5.97 Å². The molecule has 4 nitrogen and oxygen atoms in total. The second-order valence-corrected chi connectivity index (χ2v) is 3.50. The molecule has 0 amide bonds. The second kappa shape index (κ2) is 9.93. The molecule has 15 heavy (non-hydrogen) atoms. The molecule has 0 aliphatic carbocycles. The maximum Gasteiger partial charge on any atom is 0.302 e. The standard InChI is InChI=1S/C8H15NO3.C3H8/c1-8(10)12-7-4-9-2-5-11-6-3-9;1-3-2/h2-7H2,1H3;3H2,1-2H3. The van der Waals surface area contributed by atoms with E-state index in [2.05, 4.69) is 18.7 Å². The highest BCUT2D eigenvalue weighted by Gasteiger charge is 2.09. The van der Waals surface area contributed by atoms with E-state index in [1.54, 1.807) is 0 Å². The van der Waals surface area contributed by atoms with E-state index in [1.165, 1.54) is 13.3 Å². The Morgan fingerprint density at radius 2 is 1.87 bits per heavy atom. The molecule has 0 aromatic heterocycles. The van der Waals surface area contributed by atoms with E-state index in [4.69, 9.17) is 9.47 Å². The molecule has 0 atom stereocenters. The van der Waals surface area contributed by atoms with Crippen LogP contribution >= 0.6 is 0 Å². The molecule has 4 heteroatoms. The molecule has 0 aromatic rings. The summed E-state index contributed by atoms with van der Waals surface area (Å²) < 4.78 is 10.0. The predicted octanol–water partition coefficient (Wildman–Crippen LogP) is 1.30. The van der Waals surface area contributed by atoms with Crippen LogP contribution in [0, 0.1) is 0 Å². The molecule has 1 aliphatic heterocycles. The summed E-state index contributed by atoms with van der Waals surface area (Å²) in [7, 11) is 0. The van der Waals surface area contributed by atoms with Gasteiger partial charge in [0.25, 0.3) is 0 Å². The van der Waals surface area contributed by atoms with Crippen molar-refractivity contribution in [3.05, 3.63) is 0 Å². The quantitative estimate of drug-likeness (QED) is 0.668. The van der Waals surface area contributed by atoms with Crippen molar-refractivity contribution in [3.63, 3.8) is 0 Å². The van der Waals surface area contributed by atoms with Crippen molar-refractivity contribution in [3.8, 4) is 0 Å². The number of esters is 1. The van der Waals surface area contributed by atoms with Crippen molar-refractivity contribution in [1.29, 1.82) is 0 Å². The van der Waals surface area contributed by atoms with Gasteiger partial charge in [-0.15, -0.1) is 0 Å². The lowest BCUT2D eigenvalue weighted by Crippen LogP contribution is -2.38. The van der Waals surface area contributed by atoms with E-state index in [9.17, 15) is 4.79 Å². The second-order valence-electron chi connectivity index (χ2n) is 3.50. The first kappa shape index (κ1) is 14.4. The van der Waals surface area contributed by atoms with Gasteiger partial charge >= 0.3 is 5.97 Å². The summed E-state index contributed by atoms with van der Waals surface area (Å²) in [4.78, 5) is 12.6. The maximum atomic E-state index is 10.4. The van der Waals surface area contributed by atoms with Gasteiger partial charge in [0.15, 0.2) is 0 Å². The van der Waals surface area contributed by atoms with Crippen molar-refractivity contribution in [1.82, 2.24) is 4.90 Å². The minimum Gasteiger partial charge on any atom is -0.465 e. The first-order valence-electron chi connectivity index (χ1n) is 5.64. The van der Waals surface area contributed by atoms with Crippen molar-refractivity contribution in [2.75, 3.05) is 39.5 Å². The van der Waals surface area contributed by atoms with Crippen LogP contribution in [0.1, 0.15) is 27.2 Å². The van der Waals surface area contributed by atoms with Crippen molar-refractivity contribution >= 4 is 5.97 Å². The lowest BCUT2D eigenvalue weighted by Gasteiger charge is -2.25. The Morgan fingerprint density at radius 1 is 1.33 bits per heavy atom. The molecule has 1 saturated heterocycles. The lowest BCUT2D eigenvalue weighted by molar-refractivity contribution is -0.141. The molecule has 0 spiro atoms. The van der Waals surface area contributed by atoms with Gasteiger partial charge in [0, 0.05) is 26.6 Å². The third-order valence-corrected chi connectivity index (χ3v) is 1.82. The minimum atomic E-state index is -0.205.